The first-order chi connectivity index (χ1) is 11.5. The maximum atomic E-state index is 12.1. The Bertz CT molecular complexity index is 540. The zero-order chi connectivity index (χ0) is 17.8. The maximum Gasteiger partial charge on any atom is 0.297 e. The predicted molar refractivity (Wildman–Crippen MR) is 104 cm³/mol. The van der Waals surface area contributed by atoms with Crippen LogP contribution in [0.25, 0.3) is 0 Å². The van der Waals surface area contributed by atoms with Gasteiger partial charge in [0.25, 0.3) is 10.1 Å². The number of unbranched alkanes of at least 4 members (excludes halogenated alkanes) is 7. The molecule has 138 valence electrons. The van der Waals surface area contributed by atoms with Gasteiger partial charge in [-0.2, -0.15) is 8.42 Å². The van der Waals surface area contributed by atoms with Crippen molar-refractivity contribution in [1.82, 2.24) is 0 Å². The van der Waals surface area contributed by atoms with Crippen molar-refractivity contribution in [2.24, 2.45) is 0 Å². The second-order valence-corrected chi connectivity index (χ2v) is 9.32. The molecule has 24 heavy (non-hydrogen) atoms. The number of hydrogen-bond donors (Lipinski definition) is 0. The second-order valence-electron chi connectivity index (χ2n) is 6.41. The number of hydrogen-bond acceptors (Lipinski definition) is 3. The summed E-state index contributed by atoms with van der Waals surface area (Å²) < 4.78 is 29.4. The fraction of sp³-hybridized carbons (Fsp3) is 0.684. The van der Waals surface area contributed by atoms with Gasteiger partial charge in [-0.3, -0.25) is 4.18 Å². The summed E-state index contributed by atoms with van der Waals surface area (Å²) in [5, 5.41) is 0. The van der Waals surface area contributed by atoms with Crippen LogP contribution in [0.3, 0.4) is 0 Å². The van der Waals surface area contributed by atoms with Gasteiger partial charge in [0.05, 0.1) is 11.5 Å². The standard InChI is InChI=1S/C19H31BrO3S/c1-3-4-5-6-7-8-9-10-11-18(20)16-23-24(21,22)19-14-12-17(2)13-15-19/h12-15,18H,3-11,16H2,1-2H3/t18-/m0/s1. The third-order valence-corrected chi connectivity index (χ3v) is 6.10. The predicted octanol–water partition coefficient (Wildman–Crippen LogP) is 5.99. The highest BCUT2D eigenvalue weighted by Gasteiger charge is 2.17. The molecule has 0 fully saturated rings. The van der Waals surface area contributed by atoms with Crippen LogP contribution in [0.4, 0.5) is 0 Å². The van der Waals surface area contributed by atoms with Crippen LogP contribution in [-0.4, -0.2) is 19.9 Å². The Morgan fingerprint density at radius 3 is 2.08 bits per heavy atom. The van der Waals surface area contributed by atoms with Crippen LogP contribution in [0.2, 0.25) is 0 Å². The molecular weight excluding hydrogens is 388 g/mol. The summed E-state index contributed by atoms with van der Waals surface area (Å²) in [6.45, 7) is 4.35. The van der Waals surface area contributed by atoms with E-state index in [1.54, 1.807) is 24.3 Å². The molecule has 0 amide bonds. The molecule has 0 aromatic heterocycles. The second kappa shape index (κ2) is 12.0. The van der Waals surface area contributed by atoms with Gasteiger partial charge in [-0.1, -0.05) is 91.9 Å². The fourth-order valence-corrected chi connectivity index (χ4v) is 4.10. The number of aryl methyl sites for hydroxylation is 1. The van der Waals surface area contributed by atoms with Crippen LogP contribution in [-0.2, 0) is 14.3 Å². The van der Waals surface area contributed by atoms with Gasteiger partial charge in [-0.15, -0.1) is 0 Å². The van der Waals surface area contributed by atoms with Crippen LogP contribution in [0.1, 0.15) is 70.3 Å². The van der Waals surface area contributed by atoms with E-state index in [0.29, 0.717) is 0 Å². The van der Waals surface area contributed by atoms with Gasteiger partial charge in [0.2, 0.25) is 0 Å². The van der Waals surface area contributed by atoms with Gasteiger partial charge in [0.1, 0.15) is 0 Å². The molecule has 0 spiro atoms. The Morgan fingerprint density at radius 1 is 0.958 bits per heavy atom. The van der Waals surface area contributed by atoms with E-state index in [2.05, 4.69) is 22.9 Å². The molecule has 0 aliphatic carbocycles. The van der Waals surface area contributed by atoms with Gasteiger partial charge >= 0.3 is 0 Å². The summed E-state index contributed by atoms with van der Waals surface area (Å²) in [6.07, 6.45) is 11.2. The van der Waals surface area contributed by atoms with E-state index < -0.39 is 10.1 Å². The van der Waals surface area contributed by atoms with Gasteiger partial charge in [-0.25, -0.2) is 0 Å². The molecule has 1 aromatic rings. The fourth-order valence-electron chi connectivity index (χ4n) is 2.52. The van der Waals surface area contributed by atoms with E-state index in [4.69, 9.17) is 4.18 Å². The number of halogens is 1. The molecule has 0 aliphatic rings. The highest BCUT2D eigenvalue weighted by Crippen LogP contribution is 2.18. The molecule has 0 aliphatic heterocycles. The molecule has 0 heterocycles. The van der Waals surface area contributed by atoms with Crippen LogP contribution in [0.15, 0.2) is 29.2 Å². The molecule has 0 bridgehead atoms. The normalized spacial score (nSPS) is 13.1. The Hall–Kier alpha value is -0.390. The molecule has 0 N–H and O–H groups in total. The summed E-state index contributed by atoms with van der Waals surface area (Å²) in [7, 11) is -3.65. The lowest BCUT2D eigenvalue weighted by molar-refractivity contribution is 0.313. The maximum absolute atomic E-state index is 12.1. The van der Waals surface area contributed by atoms with Crippen LogP contribution >= 0.6 is 15.9 Å². The molecular formula is C19H31BrO3S. The Kier molecular flexibility index (Phi) is 10.9. The molecule has 0 unspecified atom stereocenters. The van der Waals surface area contributed by atoms with Crippen molar-refractivity contribution in [1.29, 1.82) is 0 Å². The molecule has 0 saturated carbocycles. The van der Waals surface area contributed by atoms with Crippen LogP contribution in [0, 0.1) is 6.92 Å². The van der Waals surface area contributed by atoms with Crippen molar-refractivity contribution in [3.63, 3.8) is 0 Å². The number of alkyl halides is 1. The topological polar surface area (TPSA) is 43.4 Å². The van der Waals surface area contributed by atoms with Crippen LogP contribution < -0.4 is 0 Å². The smallest absolute Gasteiger partial charge is 0.265 e. The summed E-state index contributed by atoms with van der Waals surface area (Å²) >= 11 is 3.53. The molecule has 5 heteroatoms. The van der Waals surface area contributed by atoms with E-state index in [1.165, 1.54) is 44.9 Å². The van der Waals surface area contributed by atoms with E-state index in [0.717, 1.165) is 18.4 Å². The minimum atomic E-state index is -3.65. The van der Waals surface area contributed by atoms with Gasteiger partial charge in [0, 0.05) is 4.83 Å². The van der Waals surface area contributed by atoms with Gasteiger partial charge < -0.3 is 0 Å². The molecule has 1 rings (SSSR count). The minimum Gasteiger partial charge on any atom is -0.265 e. The zero-order valence-corrected chi connectivity index (χ0v) is 17.4. The van der Waals surface area contributed by atoms with E-state index >= 15 is 0 Å². The summed E-state index contributed by atoms with van der Waals surface area (Å²) in [4.78, 5) is 0.303. The first-order valence-electron chi connectivity index (χ1n) is 9.06. The third-order valence-electron chi connectivity index (χ3n) is 4.08. The monoisotopic (exact) mass is 418 g/mol. The Balaban J connectivity index is 2.17. The lowest BCUT2D eigenvalue weighted by Gasteiger charge is -2.11. The van der Waals surface area contributed by atoms with E-state index in [9.17, 15) is 8.42 Å². The summed E-state index contributed by atoms with van der Waals surface area (Å²) in [5.41, 5.74) is 1.03. The van der Waals surface area contributed by atoms with Gasteiger partial charge in [0.15, 0.2) is 0 Å². The average Bonchev–Trinajstić information content (AvgIpc) is 2.56. The lowest BCUT2D eigenvalue weighted by Crippen LogP contribution is -2.14. The van der Waals surface area contributed by atoms with Gasteiger partial charge in [-0.05, 0) is 25.5 Å². The number of benzene rings is 1. The van der Waals surface area contributed by atoms with Crippen molar-refractivity contribution in [2.45, 2.75) is 81.4 Å². The summed E-state index contributed by atoms with van der Waals surface area (Å²) in [5.74, 6) is 0. The number of rotatable bonds is 13. The van der Waals surface area contributed by atoms with Crippen molar-refractivity contribution in [3.05, 3.63) is 29.8 Å². The van der Waals surface area contributed by atoms with Crippen molar-refractivity contribution in [3.8, 4) is 0 Å². The van der Waals surface area contributed by atoms with Crippen LogP contribution in [0.5, 0.6) is 0 Å². The molecule has 0 saturated heterocycles. The highest BCUT2D eigenvalue weighted by molar-refractivity contribution is 9.09. The average molecular weight is 419 g/mol. The first-order valence-corrected chi connectivity index (χ1v) is 11.4. The Labute approximate surface area is 156 Å². The minimum absolute atomic E-state index is 0.0813. The molecule has 3 nitrogen and oxygen atoms in total. The SMILES string of the molecule is CCCCCCCCCC[C@H](Br)COS(=O)(=O)c1ccc(C)cc1. The van der Waals surface area contributed by atoms with Crippen molar-refractivity contribution < 1.29 is 12.6 Å². The van der Waals surface area contributed by atoms with Crippen molar-refractivity contribution in [2.75, 3.05) is 6.61 Å². The summed E-state index contributed by atoms with van der Waals surface area (Å²) in [6, 6.07) is 6.74. The Morgan fingerprint density at radius 2 is 1.50 bits per heavy atom. The quantitative estimate of drug-likeness (QED) is 0.224. The lowest BCUT2D eigenvalue weighted by atomic mass is 10.1. The molecule has 1 aromatic carbocycles. The van der Waals surface area contributed by atoms with E-state index in [1.807, 2.05) is 6.92 Å². The largest absolute Gasteiger partial charge is 0.297 e. The third kappa shape index (κ3) is 9.19. The van der Waals surface area contributed by atoms with E-state index in [-0.39, 0.29) is 16.3 Å². The molecule has 1 atom stereocenters. The molecule has 0 radical (unpaired) electrons. The highest BCUT2D eigenvalue weighted by atomic mass is 79.9. The zero-order valence-electron chi connectivity index (χ0n) is 15.0. The van der Waals surface area contributed by atoms with Crippen molar-refractivity contribution >= 4 is 26.0 Å². The first kappa shape index (κ1) is 21.7.